The van der Waals surface area contributed by atoms with Gasteiger partial charge in [0.05, 0.1) is 4.92 Å². The van der Waals surface area contributed by atoms with Crippen molar-refractivity contribution in [3.63, 3.8) is 0 Å². The molecule has 0 aliphatic carbocycles. The third kappa shape index (κ3) is 2.29. The predicted octanol–water partition coefficient (Wildman–Crippen LogP) is 4.15. The molecule has 1 unspecified atom stereocenters. The topological polar surface area (TPSA) is 55.6 Å². The number of non-ortho nitro benzene ring substituents is 1. The van der Waals surface area contributed by atoms with Crippen LogP contribution in [0.1, 0.15) is 11.1 Å². The van der Waals surface area contributed by atoms with E-state index in [4.69, 9.17) is 4.74 Å². The molecule has 0 aromatic heterocycles. The zero-order valence-electron chi connectivity index (χ0n) is 12.8. The molecule has 1 atom stereocenters. The highest BCUT2D eigenvalue weighted by molar-refractivity contribution is 9.09. The number of hydrogen-bond donors (Lipinski definition) is 0. The Kier molecular flexibility index (Phi) is 3.57. The van der Waals surface area contributed by atoms with Crippen molar-refractivity contribution in [3.8, 4) is 5.75 Å². The fraction of sp³-hybridized carbons (Fsp3) is 0.222. The van der Waals surface area contributed by atoms with E-state index in [1.807, 2.05) is 24.3 Å². The molecule has 4 rings (SSSR count). The number of nitro groups is 1. The summed E-state index contributed by atoms with van der Waals surface area (Å²) < 4.78 is 6.36. The molecule has 2 heterocycles. The summed E-state index contributed by atoms with van der Waals surface area (Å²) in [5, 5.41) is 11.8. The third-order valence-corrected chi connectivity index (χ3v) is 4.86. The van der Waals surface area contributed by atoms with Crippen molar-refractivity contribution in [2.75, 3.05) is 16.8 Å². The number of nitrogens with zero attached hydrogens (tertiary/aromatic N) is 2. The van der Waals surface area contributed by atoms with Gasteiger partial charge in [-0.15, -0.1) is 0 Å². The van der Waals surface area contributed by atoms with Crippen LogP contribution in [0.4, 0.5) is 11.4 Å². The molecule has 2 aliphatic rings. The number of halogens is 1. The van der Waals surface area contributed by atoms with Crippen molar-refractivity contribution in [3.05, 3.63) is 69.8 Å². The average molecular weight is 387 g/mol. The normalized spacial score (nSPS) is 20.6. The number of rotatable bonds is 3. The molecule has 0 saturated carbocycles. The van der Waals surface area contributed by atoms with Crippen LogP contribution < -0.4 is 9.64 Å². The molecule has 2 aromatic carbocycles. The van der Waals surface area contributed by atoms with Gasteiger partial charge in [0.1, 0.15) is 5.75 Å². The van der Waals surface area contributed by atoms with Crippen LogP contribution >= 0.6 is 15.9 Å². The summed E-state index contributed by atoms with van der Waals surface area (Å²) in [6.07, 6.45) is 4.70. The molecule has 0 fully saturated rings. The third-order valence-electron chi connectivity index (χ3n) is 4.51. The SMILES string of the molecule is O=[N+]([O-])c1ccc2c(c1)C=CC1(Cc3ccccc3N1CCBr)O2. The standard InChI is InChI=1S/C18H15BrN2O3/c19-9-10-20-16-4-2-1-3-14(16)12-18(20)8-7-13-11-15(21(22)23)5-6-17(13)24-18/h1-8,11H,9-10,12H2. The molecule has 2 aromatic rings. The molecule has 2 aliphatic heterocycles. The number of fused-ring (bicyclic) bond motifs is 2. The predicted molar refractivity (Wildman–Crippen MR) is 96.8 cm³/mol. The maximum atomic E-state index is 10.9. The molecule has 0 amide bonds. The van der Waals surface area contributed by atoms with Crippen LogP contribution in [-0.2, 0) is 6.42 Å². The Hall–Kier alpha value is -2.34. The van der Waals surface area contributed by atoms with Gasteiger partial charge in [-0.1, -0.05) is 34.1 Å². The molecule has 0 N–H and O–H groups in total. The molecule has 0 radical (unpaired) electrons. The van der Waals surface area contributed by atoms with Crippen LogP contribution in [0.25, 0.3) is 6.08 Å². The van der Waals surface area contributed by atoms with Gasteiger partial charge in [0.15, 0.2) is 0 Å². The quantitative estimate of drug-likeness (QED) is 0.451. The molecule has 6 heteroatoms. The van der Waals surface area contributed by atoms with Crippen molar-refractivity contribution in [2.24, 2.45) is 0 Å². The molecule has 122 valence electrons. The van der Waals surface area contributed by atoms with Gasteiger partial charge in [-0.2, -0.15) is 0 Å². The van der Waals surface area contributed by atoms with Crippen LogP contribution in [0.15, 0.2) is 48.5 Å². The Morgan fingerprint density at radius 2 is 2.12 bits per heavy atom. The van der Waals surface area contributed by atoms with Crippen molar-refractivity contribution in [1.82, 2.24) is 0 Å². The molecule has 24 heavy (non-hydrogen) atoms. The number of ether oxygens (including phenoxy) is 1. The maximum absolute atomic E-state index is 10.9. The lowest BCUT2D eigenvalue weighted by Gasteiger charge is -2.40. The van der Waals surface area contributed by atoms with E-state index >= 15 is 0 Å². The largest absolute Gasteiger partial charge is 0.463 e. The minimum atomic E-state index is -0.569. The summed E-state index contributed by atoms with van der Waals surface area (Å²) in [5.74, 6) is 0.676. The maximum Gasteiger partial charge on any atom is 0.270 e. The summed E-state index contributed by atoms with van der Waals surface area (Å²) in [6, 6.07) is 13.0. The second-order valence-corrected chi connectivity index (χ2v) is 6.70. The van der Waals surface area contributed by atoms with E-state index in [-0.39, 0.29) is 10.6 Å². The lowest BCUT2D eigenvalue weighted by Crippen LogP contribution is -2.51. The van der Waals surface area contributed by atoms with E-state index in [2.05, 4.69) is 33.0 Å². The molecule has 0 bridgehead atoms. The molecule has 1 spiro atoms. The zero-order valence-corrected chi connectivity index (χ0v) is 14.4. The Balaban J connectivity index is 1.75. The first-order chi connectivity index (χ1) is 11.6. The summed E-state index contributed by atoms with van der Waals surface area (Å²) in [5.41, 5.74) is 2.66. The zero-order chi connectivity index (χ0) is 16.7. The molecule has 5 nitrogen and oxygen atoms in total. The number of benzene rings is 2. The highest BCUT2D eigenvalue weighted by Crippen LogP contribution is 2.44. The van der Waals surface area contributed by atoms with E-state index in [0.717, 1.165) is 23.9 Å². The van der Waals surface area contributed by atoms with Crippen molar-refractivity contribution in [2.45, 2.75) is 12.1 Å². The number of hydrogen-bond acceptors (Lipinski definition) is 4. The van der Waals surface area contributed by atoms with Crippen molar-refractivity contribution >= 4 is 33.4 Å². The average Bonchev–Trinajstić information content (AvgIpc) is 2.88. The van der Waals surface area contributed by atoms with Crippen molar-refractivity contribution in [1.29, 1.82) is 0 Å². The van der Waals surface area contributed by atoms with Gasteiger partial charge in [0, 0.05) is 41.7 Å². The lowest BCUT2D eigenvalue weighted by molar-refractivity contribution is -0.384. The first-order valence-corrected chi connectivity index (χ1v) is 8.83. The fourth-order valence-electron chi connectivity index (χ4n) is 3.45. The van der Waals surface area contributed by atoms with E-state index in [9.17, 15) is 10.1 Å². The van der Waals surface area contributed by atoms with E-state index in [0.29, 0.717) is 5.75 Å². The highest BCUT2D eigenvalue weighted by Gasteiger charge is 2.45. The first kappa shape index (κ1) is 15.2. The van der Waals surface area contributed by atoms with Crippen LogP contribution in [-0.4, -0.2) is 22.5 Å². The Bertz CT molecular complexity index is 852. The Morgan fingerprint density at radius 3 is 2.92 bits per heavy atom. The number of nitro benzene ring substituents is 1. The van der Waals surface area contributed by atoms with E-state index in [1.165, 1.54) is 17.3 Å². The fourth-order valence-corrected chi connectivity index (χ4v) is 3.80. The molecule has 0 saturated heterocycles. The molecular weight excluding hydrogens is 372 g/mol. The molecular formula is C18H15BrN2O3. The van der Waals surface area contributed by atoms with Gasteiger partial charge in [-0.25, -0.2) is 0 Å². The van der Waals surface area contributed by atoms with Gasteiger partial charge in [0.25, 0.3) is 5.69 Å². The summed E-state index contributed by atoms with van der Waals surface area (Å²) >= 11 is 3.52. The van der Waals surface area contributed by atoms with Crippen LogP contribution in [0.3, 0.4) is 0 Å². The van der Waals surface area contributed by atoms with Crippen molar-refractivity contribution < 1.29 is 9.66 Å². The van der Waals surface area contributed by atoms with E-state index in [1.54, 1.807) is 12.1 Å². The minimum Gasteiger partial charge on any atom is -0.463 e. The number of para-hydroxylation sites is 1. The van der Waals surface area contributed by atoms with Gasteiger partial charge >= 0.3 is 0 Å². The Labute approximate surface area is 147 Å². The van der Waals surface area contributed by atoms with Gasteiger partial charge in [0.2, 0.25) is 5.72 Å². The van der Waals surface area contributed by atoms with Crippen LogP contribution in [0, 0.1) is 10.1 Å². The van der Waals surface area contributed by atoms with Crippen LogP contribution in [0.5, 0.6) is 5.75 Å². The monoisotopic (exact) mass is 386 g/mol. The summed E-state index contributed by atoms with van der Waals surface area (Å²) in [7, 11) is 0. The van der Waals surface area contributed by atoms with Gasteiger partial charge in [-0.3, -0.25) is 10.1 Å². The number of anilines is 1. The first-order valence-electron chi connectivity index (χ1n) is 7.71. The second kappa shape index (κ2) is 5.63. The van der Waals surface area contributed by atoms with E-state index < -0.39 is 5.72 Å². The summed E-state index contributed by atoms with van der Waals surface area (Å²) in [6.45, 7) is 0.809. The Morgan fingerprint density at radius 1 is 1.29 bits per heavy atom. The highest BCUT2D eigenvalue weighted by atomic mass is 79.9. The van der Waals surface area contributed by atoms with Crippen LogP contribution in [0.2, 0.25) is 0 Å². The minimum absolute atomic E-state index is 0.0740. The van der Waals surface area contributed by atoms with Gasteiger partial charge in [-0.05, 0) is 29.8 Å². The lowest BCUT2D eigenvalue weighted by atomic mass is 10.0. The van der Waals surface area contributed by atoms with Gasteiger partial charge < -0.3 is 9.64 Å². The smallest absolute Gasteiger partial charge is 0.270 e. The number of alkyl halides is 1. The summed E-state index contributed by atoms with van der Waals surface area (Å²) in [4.78, 5) is 12.8. The second-order valence-electron chi connectivity index (χ2n) is 5.91.